The summed E-state index contributed by atoms with van der Waals surface area (Å²) in [5.74, 6) is 1.56. The summed E-state index contributed by atoms with van der Waals surface area (Å²) in [7, 11) is 4.20. The molecule has 0 saturated carbocycles. The Morgan fingerprint density at radius 3 is 2.56 bits per heavy atom. The third kappa shape index (κ3) is 7.53. The first-order chi connectivity index (χ1) is 13.0. The molecule has 148 valence electrons. The number of nitrogens with one attached hydrogen (secondary N) is 1. The standard InChI is InChI=1S/C22H31BrN2O2/c1-5-26-21-13-19(15-24-10-7-11-25(3)4)20(23)14-22(21)27-16-18-9-6-8-17(2)12-18/h6,8-9,12-14,24H,5,7,10-11,15-16H2,1-4H3. The van der Waals surface area contributed by atoms with Gasteiger partial charge >= 0.3 is 0 Å². The van der Waals surface area contributed by atoms with Crippen LogP contribution in [-0.2, 0) is 13.2 Å². The lowest BCUT2D eigenvalue weighted by atomic mass is 10.1. The molecule has 0 aromatic heterocycles. The molecule has 0 aliphatic heterocycles. The fraction of sp³-hybridized carbons (Fsp3) is 0.455. The zero-order valence-corrected chi connectivity index (χ0v) is 18.4. The average molecular weight is 435 g/mol. The van der Waals surface area contributed by atoms with Crippen molar-refractivity contribution in [3.8, 4) is 11.5 Å². The maximum absolute atomic E-state index is 6.06. The first-order valence-electron chi connectivity index (χ1n) is 9.48. The third-order valence-corrected chi connectivity index (χ3v) is 4.90. The van der Waals surface area contributed by atoms with Crippen LogP contribution in [0.15, 0.2) is 40.9 Å². The highest BCUT2D eigenvalue weighted by molar-refractivity contribution is 9.10. The van der Waals surface area contributed by atoms with E-state index in [1.54, 1.807) is 0 Å². The number of benzene rings is 2. The quantitative estimate of drug-likeness (QED) is 0.516. The fourth-order valence-corrected chi connectivity index (χ4v) is 3.26. The highest BCUT2D eigenvalue weighted by Crippen LogP contribution is 2.34. The summed E-state index contributed by atoms with van der Waals surface area (Å²) in [5, 5.41) is 3.50. The van der Waals surface area contributed by atoms with E-state index in [1.165, 1.54) is 11.1 Å². The molecule has 0 fully saturated rings. The lowest BCUT2D eigenvalue weighted by Gasteiger charge is -2.16. The second-order valence-electron chi connectivity index (χ2n) is 6.93. The van der Waals surface area contributed by atoms with Gasteiger partial charge in [0.1, 0.15) is 6.61 Å². The molecule has 0 radical (unpaired) electrons. The zero-order chi connectivity index (χ0) is 19.6. The van der Waals surface area contributed by atoms with Gasteiger partial charge in [0.05, 0.1) is 6.61 Å². The Balaban J connectivity index is 2.01. The number of hydrogen-bond acceptors (Lipinski definition) is 4. The molecule has 1 N–H and O–H groups in total. The molecule has 4 nitrogen and oxygen atoms in total. The smallest absolute Gasteiger partial charge is 0.162 e. The molecule has 0 spiro atoms. The van der Waals surface area contributed by atoms with E-state index >= 15 is 0 Å². The second-order valence-corrected chi connectivity index (χ2v) is 7.79. The van der Waals surface area contributed by atoms with Gasteiger partial charge in [0.25, 0.3) is 0 Å². The van der Waals surface area contributed by atoms with Crippen LogP contribution in [0.3, 0.4) is 0 Å². The van der Waals surface area contributed by atoms with E-state index in [4.69, 9.17) is 9.47 Å². The number of ether oxygens (including phenoxy) is 2. The van der Waals surface area contributed by atoms with E-state index in [9.17, 15) is 0 Å². The SMILES string of the molecule is CCOc1cc(CNCCCN(C)C)c(Br)cc1OCc1cccc(C)c1. The molecule has 0 saturated heterocycles. The van der Waals surface area contributed by atoms with Crippen molar-refractivity contribution in [2.45, 2.75) is 33.4 Å². The number of aryl methyl sites for hydroxylation is 1. The number of rotatable bonds is 11. The maximum Gasteiger partial charge on any atom is 0.162 e. The van der Waals surface area contributed by atoms with E-state index in [0.29, 0.717) is 13.2 Å². The predicted octanol–water partition coefficient (Wildman–Crippen LogP) is 4.78. The second kappa shape index (κ2) is 11.3. The molecule has 0 aliphatic rings. The van der Waals surface area contributed by atoms with Gasteiger partial charge in [0.2, 0.25) is 0 Å². The topological polar surface area (TPSA) is 33.7 Å². The molecule has 0 unspecified atom stereocenters. The van der Waals surface area contributed by atoms with Crippen LogP contribution in [0, 0.1) is 6.92 Å². The molecule has 0 aliphatic carbocycles. The highest BCUT2D eigenvalue weighted by atomic mass is 79.9. The molecular weight excluding hydrogens is 404 g/mol. The van der Waals surface area contributed by atoms with Crippen molar-refractivity contribution in [3.05, 3.63) is 57.6 Å². The molecule has 2 rings (SSSR count). The average Bonchev–Trinajstić information content (AvgIpc) is 2.62. The van der Waals surface area contributed by atoms with Gasteiger partial charge in [0, 0.05) is 11.0 Å². The minimum Gasteiger partial charge on any atom is -0.490 e. The summed E-state index contributed by atoms with van der Waals surface area (Å²) in [6.07, 6.45) is 1.13. The number of halogens is 1. The van der Waals surface area contributed by atoms with E-state index in [-0.39, 0.29) is 0 Å². The van der Waals surface area contributed by atoms with Crippen molar-refractivity contribution in [1.29, 1.82) is 0 Å². The lowest BCUT2D eigenvalue weighted by Crippen LogP contribution is -2.21. The molecule has 2 aromatic carbocycles. The van der Waals surface area contributed by atoms with Gasteiger partial charge in [-0.05, 0) is 70.7 Å². The molecular formula is C22H31BrN2O2. The molecule has 2 aromatic rings. The van der Waals surface area contributed by atoms with Gasteiger partial charge < -0.3 is 19.7 Å². The van der Waals surface area contributed by atoms with Gasteiger partial charge in [-0.2, -0.15) is 0 Å². The van der Waals surface area contributed by atoms with Gasteiger partial charge in [0.15, 0.2) is 11.5 Å². The minimum absolute atomic E-state index is 0.524. The van der Waals surface area contributed by atoms with Crippen LogP contribution in [0.5, 0.6) is 11.5 Å². The Hall–Kier alpha value is -1.56. The molecule has 5 heteroatoms. The van der Waals surface area contributed by atoms with Crippen LogP contribution in [-0.4, -0.2) is 38.7 Å². The van der Waals surface area contributed by atoms with Crippen molar-refractivity contribution in [2.75, 3.05) is 33.8 Å². The first kappa shape index (κ1) is 21.7. The van der Waals surface area contributed by atoms with Crippen molar-refractivity contribution in [2.24, 2.45) is 0 Å². The van der Waals surface area contributed by atoms with Crippen molar-refractivity contribution < 1.29 is 9.47 Å². The maximum atomic E-state index is 6.06. The van der Waals surface area contributed by atoms with Crippen LogP contribution in [0.1, 0.15) is 30.0 Å². The third-order valence-electron chi connectivity index (χ3n) is 4.16. The fourth-order valence-electron chi connectivity index (χ4n) is 2.80. The number of hydrogen-bond donors (Lipinski definition) is 1. The van der Waals surface area contributed by atoms with Gasteiger partial charge in [-0.15, -0.1) is 0 Å². The Bertz CT molecular complexity index is 719. The van der Waals surface area contributed by atoms with Crippen molar-refractivity contribution in [1.82, 2.24) is 10.2 Å². The monoisotopic (exact) mass is 434 g/mol. The first-order valence-corrected chi connectivity index (χ1v) is 10.3. The zero-order valence-electron chi connectivity index (χ0n) is 16.8. The van der Waals surface area contributed by atoms with Crippen molar-refractivity contribution in [3.63, 3.8) is 0 Å². The van der Waals surface area contributed by atoms with Crippen LogP contribution in [0.25, 0.3) is 0 Å². The van der Waals surface area contributed by atoms with Crippen LogP contribution < -0.4 is 14.8 Å². The molecule has 27 heavy (non-hydrogen) atoms. The van der Waals surface area contributed by atoms with Crippen LogP contribution >= 0.6 is 15.9 Å². The molecule has 0 amide bonds. The van der Waals surface area contributed by atoms with E-state index < -0.39 is 0 Å². The molecule has 0 bridgehead atoms. The summed E-state index contributed by atoms with van der Waals surface area (Å²) >= 11 is 3.68. The number of nitrogens with zero attached hydrogens (tertiary/aromatic N) is 1. The summed E-state index contributed by atoms with van der Waals surface area (Å²) in [6, 6.07) is 12.4. The van der Waals surface area contributed by atoms with Crippen molar-refractivity contribution >= 4 is 15.9 Å². The normalized spacial score (nSPS) is 11.0. The predicted molar refractivity (Wildman–Crippen MR) is 116 cm³/mol. The summed E-state index contributed by atoms with van der Waals surface area (Å²) < 4.78 is 12.9. The summed E-state index contributed by atoms with van der Waals surface area (Å²) in [4.78, 5) is 2.20. The molecule has 0 heterocycles. The molecule has 0 atom stereocenters. The van der Waals surface area contributed by atoms with Crippen LogP contribution in [0.4, 0.5) is 0 Å². The van der Waals surface area contributed by atoms with E-state index in [1.807, 2.05) is 13.0 Å². The Labute approximate surface area is 172 Å². The lowest BCUT2D eigenvalue weighted by molar-refractivity contribution is 0.268. The Morgan fingerprint density at radius 1 is 1.07 bits per heavy atom. The van der Waals surface area contributed by atoms with E-state index in [2.05, 4.69) is 77.5 Å². The van der Waals surface area contributed by atoms with Gasteiger partial charge in [-0.25, -0.2) is 0 Å². The Kier molecular flexibility index (Phi) is 9.11. The summed E-state index contributed by atoms with van der Waals surface area (Å²) in [6.45, 7) is 8.09. The summed E-state index contributed by atoms with van der Waals surface area (Å²) in [5.41, 5.74) is 3.56. The highest BCUT2D eigenvalue weighted by Gasteiger charge is 2.11. The van der Waals surface area contributed by atoms with Gasteiger partial charge in [-0.3, -0.25) is 0 Å². The largest absolute Gasteiger partial charge is 0.490 e. The Morgan fingerprint density at radius 2 is 1.85 bits per heavy atom. The minimum atomic E-state index is 0.524. The van der Waals surface area contributed by atoms with Gasteiger partial charge in [-0.1, -0.05) is 45.8 Å². The van der Waals surface area contributed by atoms with Crippen LogP contribution in [0.2, 0.25) is 0 Å². The van der Waals surface area contributed by atoms with E-state index in [0.717, 1.165) is 47.6 Å².